The van der Waals surface area contributed by atoms with Crippen molar-refractivity contribution < 1.29 is 0 Å². The van der Waals surface area contributed by atoms with Gasteiger partial charge in [0, 0.05) is 29.8 Å². The van der Waals surface area contributed by atoms with Crippen molar-refractivity contribution in [3.8, 4) is 0 Å². The van der Waals surface area contributed by atoms with Crippen molar-refractivity contribution in [3.05, 3.63) is 64.7 Å². The summed E-state index contributed by atoms with van der Waals surface area (Å²) in [4.78, 5) is 2.32. The van der Waals surface area contributed by atoms with Crippen LogP contribution in [0.5, 0.6) is 0 Å². The Labute approximate surface area is 112 Å². The molecule has 2 nitrogen and oxygen atoms in total. The Kier molecular flexibility index (Phi) is 2.98. The van der Waals surface area contributed by atoms with Gasteiger partial charge in [0.05, 0.1) is 0 Å². The number of fused-ring (bicyclic) bond motifs is 1. The van der Waals surface area contributed by atoms with Crippen LogP contribution in [0.2, 0.25) is 5.02 Å². The second kappa shape index (κ2) is 4.63. The van der Waals surface area contributed by atoms with E-state index in [0.29, 0.717) is 0 Å². The molecule has 1 aliphatic rings. The van der Waals surface area contributed by atoms with Gasteiger partial charge in [-0.1, -0.05) is 41.9 Å². The zero-order valence-corrected chi connectivity index (χ0v) is 10.8. The molecular formula is C15H15ClN2. The van der Waals surface area contributed by atoms with E-state index in [-0.39, 0.29) is 6.04 Å². The highest BCUT2D eigenvalue weighted by atomic mass is 35.5. The molecule has 0 radical (unpaired) electrons. The van der Waals surface area contributed by atoms with E-state index in [1.807, 2.05) is 18.2 Å². The highest BCUT2D eigenvalue weighted by Crippen LogP contribution is 2.34. The SMILES string of the molecule is NC1CN(Cc2ccc(Cl)cc2)c2ccccc21. The van der Waals surface area contributed by atoms with E-state index in [1.165, 1.54) is 16.8 Å². The van der Waals surface area contributed by atoms with E-state index < -0.39 is 0 Å². The molecule has 2 aromatic rings. The second-order valence-corrected chi connectivity index (χ2v) is 5.11. The van der Waals surface area contributed by atoms with E-state index in [4.69, 9.17) is 17.3 Å². The first-order valence-corrected chi connectivity index (χ1v) is 6.46. The minimum Gasteiger partial charge on any atom is -0.365 e. The van der Waals surface area contributed by atoms with Crippen LogP contribution in [0.3, 0.4) is 0 Å². The van der Waals surface area contributed by atoms with E-state index in [1.54, 1.807) is 0 Å². The van der Waals surface area contributed by atoms with Gasteiger partial charge in [0.2, 0.25) is 0 Å². The summed E-state index contributed by atoms with van der Waals surface area (Å²) in [5.41, 5.74) is 9.90. The lowest BCUT2D eigenvalue weighted by Gasteiger charge is -2.19. The van der Waals surface area contributed by atoms with Gasteiger partial charge in [0.15, 0.2) is 0 Å². The van der Waals surface area contributed by atoms with E-state index in [9.17, 15) is 0 Å². The Hall–Kier alpha value is -1.51. The van der Waals surface area contributed by atoms with Gasteiger partial charge in [-0.3, -0.25) is 0 Å². The minimum atomic E-state index is 0.119. The van der Waals surface area contributed by atoms with E-state index in [0.717, 1.165) is 18.1 Å². The van der Waals surface area contributed by atoms with E-state index in [2.05, 4.69) is 35.2 Å². The van der Waals surface area contributed by atoms with Gasteiger partial charge in [-0.15, -0.1) is 0 Å². The lowest BCUT2D eigenvalue weighted by Crippen LogP contribution is -2.23. The highest BCUT2D eigenvalue weighted by Gasteiger charge is 2.24. The molecule has 0 saturated heterocycles. The van der Waals surface area contributed by atoms with Gasteiger partial charge < -0.3 is 10.6 Å². The standard InChI is InChI=1S/C15H15ClN2/c16-12-7-5-11(6-8-12)9-18-10-14(17)13-3-1-2-4-15(13)18/h1-8,14H,9-10,17H2. The number of nitrogens with two attached hydrogens (primary N) is 1. The smallest absolute Gasteiger partial charge is 0.0493 e. The second-order valence-electron chi connectivity index (χ2n) is 4.67. The quantitative estimate of drug-likeness (QED) is 0.895. The summed E-state index contributed by atoms with van der Waals surface area (Å²) in [6.07, 6.45) is 0. The molecule has 1 heterocycles. The maximum atomic E-state index is 6.15. The fourth-order valence-electron chi connectivity index (χ4n) is 2.48. The fraction of sp³-hybridized carbons (Fsp3) is 0.200. The van der Waals surface area contributed by atoms with Crippen molar-refractivity contribution in [2.24, 2.45) is 5.73 Å². The molecule has 0 spiro atoms. The number of nitrogens with zero attached hydrogens (tertiary/aromatic N) is 1. The number of hydrogen-bond donors (Lipinski definition) is 1. The Morgan fingerprint density at radius 1 is 1.11 bits per heavy atom. The van der Waals surface area contributed by atoms with Crippen LogP contribution < -0.4 is 10.6 Å². The third-order valence-corrected chi connectivity index (χ3v) is 3.63. The molecule has 3 heteroatoms. The van der Waals surface area contributed by atoms with Crippen LogP contribution in [-0.2, 0) is 6.54 Å². The third-order valence-electron chi connectivity index (χ3n) is 3.38. The molecule has 1 atom stereocenters. The lowest BCUT2D eigenvalue weighted by molar-refractivity contribution is 0.720. The summed E-state index contributed by atoms with van der Waals surface area (Å²) >= 11 is 5.90. The number of anilines is 1. The van der Waals surface area contributed by atoms with Gasteiger partial charge in [-0.05, 0) is 29.3 Å². The molecule has 2 aromatic carbocycles. The predicted octanol–water partition coefficient (Wildman–Crippen LogP) is 3.36. The zero-order valence-electron chi connectivity index (χ0n) is 10.0. The van der Waals surface area contributed by atoms with Crippen molar-refractivity contribution in [3.63, 3.8) is 0 Å². The summed E-state index contributed by atoms with van der Waals surface area (Å²) in [5, 5.41) is 0.775. The number of hydrogen-bond acceptors (Lipinski definition) is 2. The van der Waals surface area contributed by atoms with Crippen molar-refractivity contribution in [2.45, 2.75) is 12.6 Å². The summed E-state index contributed by atoms with van der Waals surface area (Å²) in [6.45, 7) is 1.75. The van der Waals surface area contributed by atoms with Crippen LogP contribution in [0.25, 0.3) is 0 Å². The van der Waals surface area contributed by atoms with Crippen molar-refractivity contribution in [1.82, 2.24) is 0 Å². The van der Waals surface area contributed by atoms with Crippen LogP contribution in [0.1, 0.15) is 17.2 Å². The molecule has 0 aliphatic carbocycles. The van der Waals surface area contributed by atoms with Crippen LogP contribution in [0.15, 0.2) is 48.5 Å². The van der Waals surface area contributed by atoms with Crippen LogP contribution >= 0.6 is 11.6 Å². The fourth-order valence-corrected chi connectivity index (χ4v) is 2.61. The van der Waals surface area contributed by atoms with Crippen LogP contribution in [0.4, 0.5) is 5.69 Å². The maximum absolute atomic E-state index is 6.15. The van der Waals surface area contributed by atoms with Gasteiger partial charge >= 0.3 is 0 Å². The molecule has 1 aliphatic heterocycles. The average Bonchev–Trinajstić information content (AvgIpc) is 2.70. The lowest BCUT2D eigenvalue weighted by atomic mass is 10.1. The zero-order chi connectivity index (χ0) is 12.5. The Bertz CT molecular complexity index is 551. The number of halogens is 1. The van der Waals surface area contributed by atoms with Gasteiger partial charge in [-0.2, -0.15) is 0 Å². The van der Waals surface area contributed by atoms with Crippen molar-refractivity contribution in [2.75, 3.05) is 11.4 Å². The summed E-state index contributed by atoms with van der Waals surface area (Å²) in [5.74, 6) is 0. The molecule has 0 amide bonds. The Morgan fingerprint density at radius 2 is 1.83 bits per heavy atom. The van der Waals surface area contributed by atoms with E-state index >= 15 is 0 Å². The molecule has 0 saturated carbocycles. The topological polar surface area (TPSA) is 29.3 Å². The van der Waals surface area contributed by atoms with Crippen molar-refractivity contribution >= 4 is 17.3 Å². The molecule has 2 N–H and O–H groups in total. The number of benzene rings is 2. The first-order chi connectivity index (χ1) is 8.74. The molecule has 0 aromatic heterocycles. The summed E-state index contributed by atoms with van der Waals surface area (Å²) in [6, 6.07) is 16.5. The molecular weight excluding hydrogens is 244 g/mol. The first kappa shape index (κ1) is 11.6. The monoisotopic (exact) mass is 258 g/mol. The number of para-hydroxylation sites is 1. The summed E-state index contributed by atoms with van der Waals surface area (Å²) in [7, 11) is 0. The number of rotatable bonds is 2. The van der Waals surface area contributed by atoms with Crippen LogP contribution in [0, 0.1) is 0 Å². The van der Waals surface area contributed by atoms with Gasteiger partial charge in [0.25, 0.3) is 0 Å². The average molecular weight is 259 g/mol. The molecule has 0 fully saturated rings. The van der Waals surface area contributed by atoms with Crippen molar-refractivity contribution in [1.29, 1.82) is 0 Å². The normalized spacial score (nSPS) is 17.9. The molecule has 1 unspecified atom stereocenters. The molecule has 18 heavy (non-hydrogen) atoms. The largest absolute Gasteiger partial charge is 0.365 e. The third kappa shape index (κ3) is 2.09. The Balaban J connectivity index is 1.85. The Morgan fingerprint density at radius 3 is 2.61 bits per heavy atom. The predicted molar refractivity (Wildman–Crippen MR) is 75.9 cm³/mol. The van der Waals surface area contributed by atoms with Crippen LogP contribution in [-0.4, -0.2) is 6.54 Å². The summed E-state index contributed by atoms with van der Waals surface area (Å²) < 4.78 is 0. The first-order valence-electron chi connectivity index (χ1n) is 6.08. The molecule has 3 rings (SSSR count). The van der Waals surface area contributed by atoms with Gasteiger partial charge in [0.1, 0.15) is 0 Å². The molecule has 0 bridgehead atoms. The maximum Gasteiger partial charge on any atom is 0.0493 e. The highest BCUT2D eigenvalue weighted by molar-refractivity contribution is 6.30. The minimum absolute atomic E-state index is 0.119. The van der Waals surface area contributed by atoms with Gasteiger partial charge in [-0.25, -0.2) is 0 Å². The molecule has 92 valence electrons.